The zero-order valence-corrected chi connectivity index (χ0v) is 31.0. The molecule has 2 aromatic heterocycles. The van der Waals surface area contributed by atoms with Crippen molar-refractivity contribution in [3.05, 3.63) is 60.1 Å². The third-order valence-electron chi connectivity index (χ3n) is 11.2. The highest BCUT2D eigenvalue weighted by Gasteiger charge is 2.51. The summed E-state index contributed by atoms with van der Waals surface area (Å²) >= 11 is 0. The predicted octanol–water partition coefficient (Wildman–Crippen LogP) is 5.59. The van der Waals surface area contributed by atoms with Gasteiger partial charge in [-0.2, -0.15) is 9.97 Å². The Balaban J connectivity index is 1.22. The third kappa shape index (κ3) is 5.85. The first-order valence-electron chi connectivity index (χ1n) is 18.0. The molecule has 5 atom stereocenters. The molecular weight excluding hydrogens is 678 g/mol. The number of halogens is 1. The molecule has 2 aromatic carbocycles. The van der Waals surface area contributed by atoms with Crippen molar-refractivity contribution in [3.63, 3.8) is 0 Å². The van der Waals surface area contributed by atoms with Crippen LogP contribution in [0.2, 0.25) is 0 Å². The van der Waals surface area contributed by atoms with Gasteiger partial charge in [0.25, 0.3) is 0 Å². The van der Waals surface area contributed by atoms with E-state index in [1.807, 2.05) is 43.9 Å². The van der Waals surface area contributed by atoms with Crippen LogP contribution in [0.15, 0.2) is 48.7 Å². The molecule has 4 fully saturated rings. The summed E-state index contributed by atoms with van der Waals surface area (Å²) in [6, 6.07) is 9.06. The number of carbonyl (C=O) groups is 1. The maximum atomic E-state index is 15.0. The van der Waals surface area contributed by atoms with Crippen LogP contribution in [0, 0.1) is 18.2 Å². The minimum Gasteiger partial charge on any atom is -0.461 e. The Hall–Kier alpha value is -4.36. The minimum absolute atomic E-state index is 0.0377. The molecule has 12 heteroatoms. The van der Waals surface area contributed by atoms with Crippen LogP contribution >= 0.6 is 9.24 Å². The second-order valence-corrected chi connectivity index (χ2v) is 16.3. The van der Waals surface area contributed by atoms with Crippen LogP contribution < -0.4 is 14.9 Å². The summed E-state index contributed by atoms with van der Waals surface area (Å²) in [4.78, 5) is 34.8. The number of aromatic nitrogens is 3. The number of hydrogen-bond donors (Lipinski definition) is 1. The molecule has 52 heavy (non-hydrogen) atoms. The Morgan fingerprint density at radius 3 is 2.65 bits per heavy atom. The van der Waals surface area contributed by atoms with E-state index in [1.54, 1.807) is 12.3 Å². The van der Waals surface area contributed by atoms with Crippen molar-refractivity contribution in [3.8, 4) is 29.6 Å². The SMILES string of the molecule is C#Cc1c(F)ccc2cccc(-c3ncc4c(N5CC6CCC(C5)N6C(=O)OC(C)(C)C)nc(OCC56CCC(CO)N5CC(=C)C6)nc4c3P)c12. The highest BCUT2D eigenvalue weighted by molar-refractivity contribution is 7.28. The molecule has 4 saturated heterocycles. The van der Waals surface area contributed by atoms with E-state index in [1.165, 1.54) is 6.07 Å². The number of aliphatic hydroxyl groups is 1. The normalized spacial score (nSPS) is 24.5. The van der Waals surface area contributed by atoms with Gasteiger partial charge < -0.3 is 19.5 Å². The van der Waals surface area contributed by atoms with E-state index in [9.17, 15) is 9.90 Å². The van der Waals surface area contributed by atoms with E-state index in [0.29, 0.717) is 53.0 Å². The number of aliphatic hydroxyl groups excluding tert-OH is 1. The Bertz CT molecular complexity index is 2150. The molecule has 4 aromatic rings. The van der Waals surface area contributed by atoms with Crippen LogP contribution in [0.5, 0.6) is 6.01 Å². The predicted molar refractivity (Wildman–Crippen MR) is 203 cm³/mol. The highest BCUT2D eigenvalue weighted by atomic mass is 31.0. The van der Waals surface area contributed by atoms with E-state index in [4.69, 9.17) is 30.8 Å². The molecule has 10 nitrogen and oxygen atoms in total. The average Bonchev–Trinajstić information content (AvgIpc) is 3.71. The number of anilines is 1. The Morgan fingerprint density at radius 1 is 1.17 bits per heavy atom. The van der Waals surface area contributed by atoms with Crippen LogP contribution in [0.25, 0.3) is 32.9 Å². The van der Waals surface area contributed by atoms with Gasteiger partial charge in [-0.3, -0.25) is 14.8 Å². The molecule has 0 radical (unpaired) electrons. The highest BCUT2D eigenvalue weighted by Crippen LogP contribution is 2.45. The molecule has 1 amide bonds. The fourth-order valence-electron chi connectivity index (χ4n) is 8.94. The lowest BCUT2D eigenvalue weighted by molar-refractivity contribution is 0.0122. The number of carbonyl (C=O) groups excluding carboxylic acids is 1. The summed E-state index contributed by atoms with van der Waals surface area (Å²) in [5.41, 5.74) is 2.38. The third-order valence-corrected chi connectivity index (χ3v) is 11.7. The minimum atomic E-state index is -0.588. The van der Waals surface area contributed by atoms with Crippen LogP contribution in [-0.2, 0) is 4.74 Å². The lowest BCUT2D eigenvalue weighted by Gasteiger charge is -2.42. The summed E-state index contributed by atoms with van der Waals surface area (Å²) in [7, 11) is 2.80. The fraction of sp³-hybridized carbons (Fsp3) is 0.450. The maximum Gasteiger partial charge on any atom is 0.410 e. The number of hydrogen-bond acceptors (Lipinski definition) is 9. The zero-order chi connectivity index (χ0) is 36.5. The van der Waals surface area contributed by atoms with Gasteiger partial charge >= 0.3 is 12.1 Å². The van der Waals surface area contributed by atoms with E-state index < -0.39 is 11.4 Å². The van der Waals surface area contributed by atoms with Crippen molar-refractivity contribution in [2.45, 2.75) is 82.1 Å². The van der Waals surface area contributed by atoms with Gasteiger partial charge in [-0.05, 0) is 64.3 Å². The Morgan fingerprint density at radius 2 is 1.94 bits per heavy atom. The fourth-order valence-corrected chi connectivity index (χ4v) is 9.39. The molecule has 8 rings (SSSR count). The monoisotopic (exact) mass is 722 g/mol. The topological polar surface area (TPSA) is 104 Å². The van der Waals surface area contributed by atoms with Gasteiger partial charge in [-0.15, -0.1) is 15.7 Å². The molecule has 2 bridgehead atoms. The first-order valence-corrected chi connectivity index (χ1v) is 18.5. The van der Waals surface area contributed by atoms with Gasteiger partial charge in [0.1, 0.15) is 23.8 Å². The van der Waals surface area contributed by atoms with E-state index >= 15 is 4.39 Å². The smallest absolute Gasteiger partial charge is 0.410 e. The quantitative estimate of drug-likeness (QED) is 0.155. The molecule has 4 aliphatic heterocycles. The van der Waals surface area contributed by atoms with Gasteiger partial charge in [0.05, 0.1) is 46.4 Å². The summed E-state index contributed by atoms with van der Waals surface area (Å²) in [5, 5.41) is 13.0. The molecule has 270 valence electrons. The molecule has 0 aliphatic carbocycles. The van der Waals surface area contributed by atoms with E-state index in [0.717, 1.165) is 55.0 Å². The number of amides is 1. The summed E-state index contributed by atoms with van der Waals surface area (Å²) in [6.07, 6.45) is 11.6. The lowest BCUT2D eigenvalue weighted by atomic mass is 9.94. The largest absolute Gasteiger partial charge is 0.461 e. The molecule has 4 aliphatic rings. The van der Waals surface area contributed by atoms with Crippen molar-refractivity contribution in [1.29, 1.82) is 0 Å². The van der Waals surface area contributed by atoms with Crippen molar-refractivity contribution in [2.24, 2.45) is 0 Å². The molecule has 0 spiro atoms. The number of fused-ring (bicyclic) bond motifs is 5. The Kier molecular flexibility index (Phi) is 8.64. The van der Waals surface area contributed by atoms with Crippen LogP contribution in [0.4, 0.5) is 15.0 Å². The summed E-state index contributed by atoms with van der Waals surface area (Å²) < 4.78 is 27.4. The van der Waals surface area contributed by atoms with Crippen LogP contribution in [0.1, 0.15) is 58.4 Å². The molecule has 6 heterocycles. The van der Waals surface area contributed by atoms with Crippen LogP contribution in [0.3, 0.4) is 0 Å². The van der Waals surface area contributed by atoms with E-state index in [-0.39, 0.29) is 47.9 Å². The summed E-state index contributed by atoms with van der Waals surface area (Å²) in [5.74, 6) is 2.77. The first-order chi connectivity index (χ1) is 24.9. The zero-order valence-electron chi connectivity index (χ0n) is 29.9. The van der Waals surface area contributed by atoms with Crippen molar-refractivity contribution in [1.82, 2.24) is 24.8 Å². The average molecular weight is 723 g/mol. The van der Waals surface area contributed by atoms with Gasteiger partial charge in [-0.1, -0.05) is 42.3 Å². The number of rotatable bonds is 6. The van der Waals surface area contributed by atoms with Gasteiger partial charge in [-0.25, -0.2) is 9.18 Å². The van der Waals surface area contributed by atoms with Gasteiger partial charge in [0, 0.05) is 48.1 Å². The first kappa shape index (κ1) is 34.7. The van der Waals surface area contributed by atoms with E-state index in [2.05, 4.69) is 31.5 Å². The van der Waals surface area contributed by atoms with Crippen molar-refractivity contribution >= 4 is 48.1 Å². The maximum absolute atomic E-state index is 15.0. The van der Waals surface area contributed by atoms with Crippen LogP contribution in [-0.4, -0.2) is 98.1 Å². The van der Waals surface area contributed by atoms with Crippen molar-refractivity contribution < 1.29 is 23.8 Å². The lowest BCUT2D eigenvalue weighted by Crippen LogP contribution is -2.57. The molecule has 0 saturated carbocycles. The molecular formula is C40H44FN6O4P. The number of nitrogens with zero attached hydrogens (tertiary/aromatic N) is 6. The van der Waals surface area contributed by atoms with Gasteiger partial charge in [0.2, 0.25) is 0 Å². The van der Waals surface area contributed by atoms with Gasteiger partial charge in [0.15, 0.2) is 0 Å². The molecule has 1 N–H and O–H groups in total. The molecule has 5 unspecified atom stereocenters. The number of terminal acetylenes is 1. The summed E-state index contributed by atoms with van der Waals surface area (Å²) in [6.45, 7) is 12.2. The standard InChI is InChI=1S/C40H44FN6O4P/c1-6-28-31(41)13-10-24-8-7-9-29(32(24)28)33-35(52)34-30(17-42-33)36(45-19-25-11-12-26(20-45)47(25)38(49)51-39(3,4)5)44-37(43-34)50-22-40-15-14-27(21-48)46(40)18-23(2)16-40/h1,7-10,13,17,25-27,48H,2,11-12,14-16,18-22,52H2,3-5H3. The number of ether oxygens (including phenoxy) is 2. The number of piperazine rings is 1. The Labute approximate surface area is 305 Å². The van der Waals surface area contributed by atoms with Crippen molar-refractivity contribution in [2.75, 3.05) is 37.7 Å². The number of pyridine rings is 1. The second-order valence-electron chi connectivity index (χ2n) is 15.7. The second kappa shape index (κ2) is 12.9. The number of benzene rings is 2.